The first-order chi connectivity index (χ1) is 11.0. The van der Waals surface area contributed by atoms with Crippen LogP contribution in [0.15, 0.2) is 12.3 Å². The number of hydrogen-bond acceptors (Lipinski definition) is 5. The lowest BCUT2D eigenvalue weighted by Crippen LogP contribution is -2.56. The Balaban J connectivity index is 1.52. The van der Waals surface area contributed by atoms with Crippen LogP contribution < -0.4 is 0 Å². The van der Waals surface area contributed by atoms with E-state index in [2.05, 4.69) is 39.7 Å². The Morgan fingerprint density at radius 1 is 1.17 bits per heavy atom. The minimum absolute atomic E-state index is 0.224. The second-order valence-corrected chi connectivity index (χ2v) is 7.49. The van der Waals surface area contributed by atoms with E-state index in [0.717, 1.165) is 38.7 Å². The smallest absolute Gasteiger partial charge is 0.125 e. The van der Waals surface area contributed by atoms with E-state index in [4.69, 9.17) is 4.74 Å². The van der Waals surface area contributed by atoms with Gasteiger partial charge in [-0.05, 0) is 52.8 Å². The molecule has 2 aliphatic rings. The fourth-order valence-corrected chi connectivity index (χ4v) is 3.90. The molecule has 2 aliphatic heterocycles. The average molecular weight is 318 g/mol. The van der Waals surface area contributed by atoms with Crippen LogP contribution in [0, 0.1) is 6.92 Å². The summed E-state index contributed by atoms with van der Waals surface area (Å²) in [5, 5.41) is 0. The minimum atomic E-state index is 0.224. The first kappa shape index (κ1) is 16.8. The Hall–Kier alpha value is -1.04. The van der Waals surface area contributed by atoms with Crippen molar-refractivity contribution in [1.29, 1.82) is 0 Å². The molecule has 0 aliphatic carbocycles. The van der Waals surface area contributed by atoms with Gasteiger partial charge in [-0.2, -0.15) is 0 Å². The van der Waals surface area contributed by atoms with Gasteiger partial charge in [0.25, 0.3) is 0 Å². The zero-order chi connectivity index (χ0) is 16.3. The predicted molar refractivity (Wildman–Crippen MR) is 91.7 cm³/mol. The Bertz CT molecular complexity index is 505. The van der Waals surface area contributed by atoms with Gasteiger partial charge >= 0.3 is 0 Å². The second kappa shape index (κ2) is 7.24. The summed E-state index contributed by atoms with van der Waals surface area (Å²) in [5.74, 6) is 1.48. The monoisotopic (exact) mass is 318 g/mol. The molecule has 0 saturated carbocycles. The van der Waals surface area contributed by atoms with Crippen LogP contribution in [0.5, 0.6) is 0 Å². The molecule has 0 amide bonds. The fraction of sp³-hybridized carbons (Fsp3) is 0.778. The molecule has 128 valence electrons. The van der Waals surface area contributed by atoms with Gasteiger partial charge in [-0.25, -0.2) is 9.97 Å². The van der Waals surface area contributed by atoms with E-state index >= 15 is 0 Å². The number of nitrogens with zero attached hydrogens (tertiary/aromatic N) is 4. The summed E-state index contributed by atoms with van der Waals surface area (Å²) in [7, 11) is 0. The molecule has 0 N–H and O–H groups in total. The van der Waals surface area contributed by atoms with Crippen molar-refractivity contribution in [2.24, 2.45) is 0 Å². The zero-order valence-electron chi connectivity index (χ0n) is 14.8. The molecule has 23 heavy (non-hydrogen) atoms. The van der Waals surface area contributed by atoms with Crippen molar-refractivity contribution >= 4 is 0 Å². The summed E-state index contributed by atoms with van der Waals surface area (Å²) in [4.78, 5) is 14.0. The number of rotatable bonds is 4. The lowest BCUT2D eigenvalue weighted by molar-refractivity contribution is -0.0238. The molecule has 3 heterocycles. The van der Waals surface area contributed by atoms with Crippen LogP contribution >= 0.6 is 0 Å². The maximum Gasteiger partial charge on any atom is 0.125 e. The third-order valence-corrected chi connectivity index (χ3v) is 5.28. The summed E-state index contributed by atoms with van der Waals surface area (Å²) in [6.45, 7) is 14.1. The van der Waals surface area contributed by atoms with Crippen LogP contribution in [0.4, 0.5) is 0 Å². The lowest BCUT2D eigenvalue weighted by Gasteiger charge is -2.45. The van der Waals surface area contributed by atoms with Gasteiger partial charge in [0.05, 0.1) is 13.2 Å². The maximum absolute atomic E-state index is 5.49. The van der Waals surface area contributed by atoms with Gasteiger partial charge in [-0.15, -0.1) is 0 Å². The molecule has 0 unspecified atom stereocenters. The number of piperidine rings is 1. The molecule has 0 radical (unpaired) electrons. The van der Waals surface area contributed by atoms with Crippen molar-refractivity contribution in [3.63, 3.8) is 0 Å². The van der Waals surface area contributed by atoms with Crippen LogP contribution in [-0.2, 0) is 4.74 Å². The van der Waals surface area contributed by atoms with E-state index < -0.39 is 0 Å². The molecular weight excluding hydrogens is 288 g/mol. The van der Waals surface area contributed by atoms with Crippen molar-refractivity contribution in [3.05, 3.63) is 23.8 Å². The minimum Gasteiger partial charge on any atom is -0.379 e. The SMILES string of the molecule is Cc1nccc(C2CCN(CC(C)(C)N3CCOCC3)CC2)n1. The number of hydrogen-bond donors (Lipinski definition) is 0. The van der Waals surface area contributed by atoms with Gasteiger partial charge in [0, 0.05) is 43.0 Å². The third-order valence-electron chi connectivity index (χ3n) is 5.28. The van der Waals surface area contributed by atoms with E-state index in [1.54, 1.807) is 0 Å². The number of aryl methyl sites for hydroxylation is 1. The highest BCUT2D eigenvalue weighted by Gasteiger charge is 2.32. The maximum atomic E-state index is 5.49. The molecule has 1 aromatic rings. The summed E-state index contributed by atoms with van der Waals surface area (Å²) >= 11 is 0. The molecular formula is C18H30N4O. The lowest BCUT2D eigenvalue weighted by atomic mass is 9.91. The molecule has 1 aromatic heterocycles. The van der Waals surface area contributed by atoms with E-state index in [-0.39, 0.29) is 5.54 Å². The molecule has 0 aromatic carbocycles. The first-order valence-corrected chi connectivity index (χ1v) is 8.89. The van der Waals surface area contributed by atoms with Gasteiger partial charge in [0.15, 0.2) is 0 Å². The van der Waals surface area contributed by atoms with Crippen molar-refractivity contribution in [2.75, 3.05) is 45.9 Å². The van der Waals surface area contributed by atoms with Crippen molar-refractivity contribution in [1.82, 2.24) is 19.8 Å². The standard InChI is InChI=1S/C18H30N4O/c1-15-19-7-4-17(20-15)16-5-8-21(9-6-16)14-18(2,3)22-10-12-23-13-11-22/h4,7,16H,5-6,8-14H2,1-3H3. The third kappa shape index (κ3) is 4.28. The van der Waals surface area contributed by atoms with Crippen LogP contribution in [0.25, 0.3) is 0 Å². The molecule has 3 rings (SSSR count). The summed E-state index contributed by atoms with van der Waals surface area (Å²) in [6.07, 6.45) is 4.30. The zero-order valence-corrected chi connectivity index (χ0v) is 14.8. The molecule has 0 spiro atoms. The van der Waals surface area contributed by atoms with Gasteiger partial charge < -0.3 is 9.64 Å². The van der Waals surface area contributed by atoms with E-state index in [0.29, 0.717) is 5.92 Å². The Kier molecular flexibility index (Phi) is 5.29. The quantitative estimate of drug-likeness (QED) is 0.850. The normalized spacial score (nSPS) is 22.4. The Labute approximate surface area is 140 Å². The van der Waals surface area contributed by atoms with Crippen LogP contribution in [0.3, 0.4) is 0 Å². The average Bonchev–Trinajstić information content (AvgIpc) is 2.56. The van der Waals surface area contributed by atoms with Crippen LogP contribution in [0.2, 0.25) is 0 Å². The predicted octanol–water partition coefficient (Wildman–Crippen LogP) is 2.08. The van der Waals surface area contributed by atoms with Crippen molar-refractivity contribution in [2.45, 2.75) is 45.1 Å². The highest BCUT2D eigenvalue weighted by molar-refractivity contribution is 5.09. The Morgan fingerprint density at radius 2 is 1.87 bits per heavy atom. The van der Waals surface area contributed by atoms with Gasteiger partial charge in [0.1, 0.15) is 5.82 Å². The highest BCUT2D eigenvalue weighted by Crippen LogP contribution is 2.28. The molecule has 5 heteroatoms. The number of aromatic nitrogens is 2. The van der Waals surface area contributed by atoms with Crippen molar-refractivity contribution < 1.29 is 4.74 Å². The molecule has 2 saturated heterocycles. The second-order valence-electron chi connectivity index (χ2n) is 7.49. The first-order valence-electron chi connectivity index (χ1n) is 8.89. The van der Waals surface area contributed by atoms with Crippen LogP contribution in [-0.4, -0.2) is 71.2 Å². The summed E-state index contributed by atoms with van der Waals surface area (Å²) < 4.78 is 5.49. The van der Waals surface area contributed by atoms with Gasteiger partial charge in [-0.3, -0.25) is 4.90 Å². The Morgan fingerprint density at radius 3 is 2.52 bits per heavy atom. The summed E-state index contributed by atoms with van der Waals surface area (Å²) in [6, 6.07) is 2.09. The largest absolute Gasteiger partial charge is 0.379 e. The van der Waals surface area contributed by atoms with E-state index in [1.165, 1.54) is 31.6 Å². The van der Waals surface area contributed by atoms with Crippen LogP contribution in [0.1, 0.15) is 44.1 Å². The number of likely N-dealkylation sites (tertiary alicyclic amines) is 1. The molecule has 2 fully saturated rings. The number of morpholine rings is 1. The highest BCUT2D eigenvalue weighted by atomic mass is 16.5. The van der Waals surface area contributed by atoms with E-state index in [1.807, 2.05) is 13.1 Å². The number of ether oxygens (including phenoxy) is 1. The molecule has 0 atom stereocenters. The molecule has 5 nitrogen and oxygen atoms in total. The molecule has 0 bridgehead atoms. The van der Waals surface area contributed by atoms with E-state index in [9.17, 15) is 0 Å². The van der Waals surface area contributed by atoms with Crippen molar-refractivity contribution in [3.8, 4) is 0 Å². The fourth-order valence-electron chi connectivity index (χ4n) is 3.90. The van der Waals surface area contributed by atoms with Gasteiger partial charge in [-0.1, -0.05) is 0 Å². The van der Waals surface area contributed by atoms with Gasteiger partial charge in [0.2, 0.25) is 0 Å². The topological polar surface area (TPSA) is 41.5 Å². The summed E-state index contributed by atoms with van der Waals surface area (Å²) in [5.41, 5.74) is 1.45.